The largest absolute Gasteiger partial charge is 0.494 e. The first-order valence-electron chi connectivity index (χ1n) is 12.0. The number of hydrogen-bond donors (Lipinski definition) is 2. The highest BCUT2D eigenvalue weighted by Gasteiger charge is 2.25. The molecule has 2 aromatic carbocycles. The first-order chi connectivity index (χ1) is 16.0. The SMILES string of the molecule is CCOc1ccc2[nH]c(=O)c(CN(C(=S)NC(C)c3ccccc3)C3CCCCC3)cc2c1. The fraction of sp³-hybridized carbons (Fsp3) is 0.407. The zero-order valence-electron chi connectivity index (χ0n) is 19.5. The number of hydrogen-bond acceptors (Lipinski definition) is 3. The van der Waals surface area contributed by atoms with Gasteiger partial charge in [-0.25, -0.2) is 0 Å². The zero-order chi connectivity index (χ0) is 23.2. The molecule has 1 heterocycles. The van der Waals surface area contributed by atoms with Crippen LogP contribution in [0.3, 0.4) is 0 Å². The van der Waals surface area contributed by atoms with Crippen molar-refractivity contribution < 1.29 is 4.74 Å². The van der Waals surface area contributed by atoms with E-state index < -0.39 is 0 Å². The first-order valence-corrected chi connectivity index (χ1v) is 12.4. The third-order valence-corrected chi connectivity index (χ3v) is 6.81. The van der Waals surface area contributed by atoms with Gasteiger partial charge in [-0.15, -0.1) is 0 Å². The van der Waals surface area contributed by atoms with Gasteiger partial charge in [-0.05, 0) is 68.7 Å². The Labute approximate surface area is 201 Å². The van der Waals surface area contributed by atoms with Crippen molar-refractivity contribution in [1.82, 2.24) is 15.2 Å². The monoisotopic (exact) mass is 463 g/mol. The van der Waals surface area contributed by atoms with Crippen LogP contribution in [0.25, 0.3) is 10.9 Å². The summed E-state index contributed by atoms with van der Waals surface area (Å²) >= 11 is 5.91. The number of fused-ring (bicyclic) bond motifs is 1. The van der Waals surface area contributed by atoms with E-state index in [4.69, 9.17) is 17.0 Å². The molecule has 3 aromatic rings. The minimum atomic E-state index is -0.0635. The van der Waals surface area contributed by atoms with Crippen LogP contribution in [0.15, 0.2) is 59.4 Å². The van der Waals surface area contributed by atoms with Gasteiger partial charge in [0.2, 0.25) is 0 Å². The molecular weight excluding hydrogens is 430 g/mol. The van der Waals surface area contributed by atoms with Gasteiger partial charge in [0.1, 0.15) is 5.75 Å². The standard InChI is InChI=1S/C27H33N3O2S/c1-3-32-24-14-15-25-21(17-24)16-22(26(31)29-25)18-30(23-12-8-5-9-13-23)27(33)28-19(2)20-10-6-4-7-11-20/h4,6-7,10-11,14-17,19,23H,3,5,8-9,12-13,18H2,1-2H3,(H,28,33)(H,29,31). The molecule has 5 nitrogen and oxygen atoms in total. The number of rotatable bonds is 7. The second kappa shape index (κ2) is 10.8. The molecule has 174 valence electrons. The molecule has 2 N–H and O–H groups in total. The molecule has 1 fully saturated rings. The topological polar surface area (TPSA) is 57.4 Å². The normalized spacial score (nSPS) is 15.2. The Balaban J connectivity index is 1.60. The van der Waals surface area contributed by atoms with Crippen molar-refractivity contribution in [3.05, 3.63) is 76.1 Å². The maximum atomic E-state index is 13.0. The molecule has 0 saturated heterocycles. The van der Waals surface area contributed by atoms with E-state index in [2.05, 4.69) is 34.3 Å². The van der Waals surface area contributed by atoms with E-state index in [-0.39, 0.29) is 11.6 Å². The summed E-state index contributed by atoms with van der Waals surface area (Å²) in [5.74, 6) is 0.806. The van der Waals surface area contributed by atoms with Crippen LogP contribution in [0.5, 0.6) is 5.75 Å². The van der Waals surface area contributed by atoms with Crippen molar-refractivity contribution in [2.75, 3.05) is 6.61 Å². The summed E-state index contributed by atoms with van der Waals surface area (Å²) in [5.41, 5.74) is 2.66. The molecule has 33 heavy (non-hydrogen) atoms. The summed E-state index contributed by atoms with van der Waals surface area (Å²) in [6.45, 7) is 5.19. The van der Waals surface area contributed by atoms with Gasteiger partial charge in [-0.3, -0.25) is 4.79 Å². The third kappa shape index (κ3) is 5.74. The van der Waals surface area contributed by atoms with Gasteiger partial charge in [-0.2, -0.15) is 0 Å². The number of aromatic amines is 1. The molecule has 6 heteroatoms. The molecule has 1 aliphatic rings. The van der Waals surface area contributed by atoms with Crippen LogP contribution in [0.1, 0.15) is 63.1 Å². The zero-order valence-corrected chi connectivity index (χ0v) is 20.3. The van der Waals surface area contributed by atoms with Gasteiger partial charge in [0, 0.05) is 22.5 Å². The van der Waals surface area contributed by atoms with E-state index in [0.717, 1.165) is 35.1 Å². The number of nitrogens with zero attached hydrogens (tertiary/aromatic N) is 1. The number of pyridine rings is 1. The highest BCUT2D eigenvalue weighted by Crippen LogP contribution is 2.26. The number of H-pyrrole nitrogens is 1. The van der Waals surface area contributed by atoms with E-state index in [1.54, 1.807) is 0 Å². The van der Waals surface area contributed by atoms with Crippen LogP contribution >= 0.6 is 12.2 Å². The number of thiocarbonyl (C=S) groups is 1. The number of benzene rings is 2. The van der Waals surface area contributed by atoms with Crippen molar-refractivity contribution in [1.29, 1.82) is 0 Å². The van der Waals surface area contributed by atoms with Crippen molar-refractivity contribution in [3.63, 3.8) is 0 Å². The second-order valence-corrected chi connectivity index (χ2v) is 9.19. The quantitative estimate of drug-likeness (QED) is 0.440. The molecule has 1 unspecified atom stereocenters. The van der Waals surface area contributed by atoms with Gasteiger partial charge in [0.15, 0.2) is 5.11 Å². The van der Waals surface area contributed by atoms with Crippen LogP contribution in [-0.4, -0.2) is 27.6 Å². The molecule has 4 rings (SSSR count). The van der Waals surface area contributed by atoms with E-state index >= 15 is 0 Å². The molecule has 1 aromatic heterocycles. The summed E-state index contributed by atoms with van der Waals surface area (Å²) in [4.78, 5) is 18.2. The first kappa shape index (κ1) is 23.3. The van der Waals surface area contributed by atoms with Crippen LogP contribution in [-0.2, 0) is 6.54 Å². The Bertz CT molecular complexity index is 1140. The molecule has 1 aliphatic carbocycles. The lowest BCUT2D eigenvalue weighted by Crippen LogP contribution is -2.47. The lowest BCUT2D eigenvalue weighted by molar-refractivity contribution is 0.233. The summed E-state index contributed by atoms with van der Waals surface area (Å²) in [6, 6.07) is 18.5. The predicted octanol–water partition coefficient (Wildman–Crippen LogP) is 5.70. The molecule has 1 atom stereocenters. The van der Waals surface area contributed by atoms with Crippen molar-refractivity contribution in [2.45, 2.75) is 64.6 Å². The summed E-state index contributed by atoms with van der Waals surface area (Å²) < 4.78 is 5.65. The fourth-order valence-corrected chi connectivity index (χ4v) is 5.03. The van der Waals surface area contributed by atoms with Gasteiger partial charge < -0.3 is 19.9 Å². The Morgan fingerprint density at radius 1 is 1.15 bits per heavy atom. The molecule has 0 spiro atoms. The van der Waals surface area contributed by atoms with Crippen LogP contribution in [0, 0.1) is 0 Å². The highest BCUT2D eigenvalue weighted by atomic mass is 32.1. The Morgan fingerprint density at radius 2 is 1.91 bits per heavy atom. The number of aromatic nitrogens is 1. The molecule has 0 aliphatic heterocycles. The predicted molar refractivity (Wildman–Crippen MR) is 139 cm³/mol. The van der Waals surface area contributed by atoms with Gasteiger partial charge >= 0.3 is 0 Å². The molecule has 0 amide bonds. The van der Waals surface area contributed by atoms with Crippen molar-refractivity contribution >= 4 is 28.2 Å². The average molecular weight is 464 g/mol. The summed E-state index contributed by atoms with van der Waals surface area (Å²) in [7, 11) is 0. The third-order valence-electron chi connectivity index (χ3n) is 6.46. The Hall–Kier alpha value is -2.86. The lowest BCUT2D eigenvalue weighted by Gasteiger charge is -2.37. The highest BCUT2D eigenvalue weighted by molar-refractivity contribution is 7.80. The molecule has 0 radical (unpaired) electrons. The summed E-state index contributed by atoms with van der Waals surface area (Å²) in [5, 5.41) is 5.20. The molecule has 1 saturated carbocycles. The van der Waals surface area contributed by atoms with Gasteiger partial charge in [0.25, 0.3) is 5.56 Å². The summed E-state index contributed by atoms with van der Waals surface area (Å²) in [6.07, 6.45) is 5.86. The Kier molecular flexibility index (Phi) is 7.65. The smallest absolute Gasteiger partial charge is 0.253 e. The minimum absolute atomic E-state index is 0.0635. The van der Waals surface area contributed by atoms with Crippen LogP contribution in [0.4, 0.5) is 0 Å². The maximum absolute atomic E-state index is 13.0. The molecular formula is C27H33N3O2S. The molecule has 0 bridgehead atoms. The minimum Gasteiger partial charge on any atom is -0.494 e. The van der Waals surface area contributed by atoms with E-state index in [0.29, 0.717) is 24.3 Å². The van der Waals surface area contributed by atoms with E-state index in [1.807, 2.05) is 49.4 Å². The number of ether oxygens (including phenoxy) is 1. The van der Waals surface area contributed by atoms with Crippen LogP contribution in [0.2, 0.25) is 0 Å². The average Bonchev–Trinajstić information content (AvgIpc) is 2.84. The van der Waals surface area contributed by atoms with E-state index in [9.17, 15) is 4.79 Å². The fourth-order valence-electron chi connectivity index (χ4n) is 4.64. The van der Waals surface area contributed by atoms with Crippen molar-refractivity contribution in [2.24, 2.45) is 0 Å². The van der Waals surface area contributed by atoms with Gasteiger partial charge in [0.05, 0.1) is 19.2 Å². The van der Waals surface area contributed by atoms with Gasteiger partial charge in [-0.1, -0.05) is 49.6 Å². The van der Waals surface area contributed by atoms with Crippen molar-refractivity contribution in [3.8, 4) is 5.75 Å². The maximum Gasteiger partial charge on any atom is 0.253 e. The van der Waals surface area contributed by atoms with Crippen LogP contribution < -0.4 is 15.6 Å². The van der Waals surface area contributed by atoms with E-state index in [1.165, 1.54) is 24.8 Å². The second-order valence-electron chi connectivity index (χ2n) is 8.81. The lowest BCUT2D eigenvalue weighted by atomic mass is 9.94. The Morgan fingerprint density at radius 3 is 2.64 bits per heavy atom. The number of nitrogens with one attached hydrogen (secondary N) is 2.